The Balaban J connectivity index is 3.71. The first-order chi connectivity index (χ1) is 4.76. The van der Waals surface area contributed by atoms with Gasteiger partial charge in [0.1, 0.15) is 0 Å². The molecule has 1 N–H and O–H groups in total. The Morgan fingerprint density at radius 2 is 2.30 bits per heavy atom. The fourth-order valence-corrected chi connectivity index (χ4v) is 0.773. The molecule has 0 aliphatic heterocycles. The van der Waals surface area contributed by atoms with Crippen molar-refractivity contribution in [3.63, 3.8) is 0 Å². The molecule has 0 aliphatic carbocycles. The Morgan fingerprint density at radius 3 is 2.60 bits per heavy atom. The number of hydrogen-bond acceptors (Lipinski definition) is 2. The molecule has 0 saturated heterocycles. The molecule has 0 aromatic rings. The van der Waals surface area contributed by atoms with Gasteiger partial charge in [-0.1, -0.05) is 0 Å². The van der Waals surface area contributed by atoms with E-state index in [0.717, 1.165) is 6.54 Å². The molecular weight excluding hydrogens is 126 g/mol. The molecule has 0 rings (SSSR count). The molecule has 2 unspecified atom stereocenters. The third-order valence-electron chi connectivity index (χ3n) is 1.53. The number of likely N-dealkylation sites (N-methyl/N-ethyl adjacent to an activating group) is 1. The molecule has 10 heavy (non-hydrogen) atoms. The van der Waals surface area contributed by atoms with Crippen LogP contribution in [-0.4, -0.2) is 26.8 Å². The summed E-state index contributed by atoms with van der Waals surface area (Å²) in [5.41, 5.74) is 0. The number of methoxy groups -OCH3 is 1. The first kappa shape index (κ1) is 9.48. The van der Waals surface area contributed by atoms with Gasteiger partial charge in [0, 0.05) is 19.6 Å². The maximum atomic E-state index is 5.22. The zero-order valence-corrected chi connectivity index (χ0v) is 6.85. The Morgan fingerprint density at radius 1 is 1.70 bits per heavy atom. The van der Waals surface area contributed by atoms with Crippen LogP contribution in [-0.2, 0) is 4.74 Å². The van der Waals surface area contributed by atoms with Gasteiger partial charge in [-0.15, -0.1) is 12.3 Å². The van der Waals surface area contributed by atoms with Crippen LogP contribution in [0.15, 0.2) is 0 Å². The van der Waals surface area contributed by atoms with Crippen molar-refractivity contribution >= 4 is 0 Å². The highest BCUT2D eigenvalue weighted by Crippen LogP contribution is 2.02. The largest absolute Gasteiger partial charge is 0.379 e. The van der Waals surface area contributed by atoms with Gasteiger partial charge in [0.15, 0.2) is 0 Å². The van der Waals surface area contributed by atoms with Crippen LogP contribution in [0.3, 0.4) is 0 Å². The van der Waals surface area contributed by atoms with Gasteiger partial charge in [-0.3, -0.25) is 0 Å². The SMILES string of the molecule is C#CC(C)C(CNC)OC. The molecule has 0 radical (unpaired) electrons. The summed E-state index contributed by atoms with van der Waals surface area (Å²) in [7, 11) is 3.56. The molecule has 2 nitrogen and oxygen atoms in total. The van der Waals surface area contributed by atoms with Crippen LogP contribution in [0.25, 0.3) is 0 Å². The second kappa shape index (κ2) is 5.28. The number of rotatable bonds is 4. The van der Waals surface area contributed by atoms with Crippen LogP contribution in [0.4, 0.5) is 0 Å². The van der Waals surface area contributed by atoms with Gasteiger partial charge < -0.3 is 10.1 Å². The van der Waals surface area contributed by atoms with Crippen LogP contribution >= 0.6 is 0 Å². The van der Waals surface area contributed by atoms with Crippen molar-refractivity contribution in [1.82, 2.24) is 5.32 Å². The normalized spacial score (nSPS) is 15.8. The Hall–Kier alpha value is -0.520. The van der Waals surface area contributed by atoms with Crippen molar-refractivity contribution < 1.29 is 4.74 Å². The second-order valence-corrected chi connectivity index (χ2v) is 2.29. The van der Waals surface area contributed by atoms with E-state index < -0.39 is 0 Å². The van der Waals surface area contributed by atoms with E-state index in [-0.39, 0.29) is 12.0 Å². The van der Waals surface area contributed by atoms with Gasteiger partial charge in [0.25, 0.3) is 0 Å². The molecule has 2 atom stereocenters. The molecule has 0 aliphatic rings. The van der Waals surface area contributed by atoms with Crippen molar-refractivity contribution in [3.8, 4) is 12.3 Å². The standard InChI is InChI=1S/C8H15NO/c1-5-7(2)8(10-4)6-9-3/h1,7-9H,6H2,2-4H3. The molecule has 2 heteroatoms. The smallest absolute Gasteiger partial charge is 0.0829 e. The summed E-state index contributed by atoms with van der Waals surface area (Å²) < 4.78 is 5.14. The quantitative estimate of drug-likeness (QED) is 0.575. The van der Waals surface area contributed by atoms with E-state index >= 15 is 0 Å². The highest BCUT2D eigenvalue weighted by atomic mass is 16.5. The summed E-state index contributed by atoms with van der Waals surface area (Å²) in [6, 6.07) is 0. The third-order valence-corrected chi connectivity index (χ3v) is 1.53. The van der Waals surface area contributed by atoms with Crippen LogP contribution < -0.4 is 5.32 Å². The van der Waals surface area contributed by atoms with Gasteiger partial charge in [0.05, 0.1) is 6.10 Å². The van der Waals surface area contributed by atoms with E-state index in [2.05, 4.69) is 11.2 Å². The number of ether oxygens (including phenoxy) is 1. The number of hydrogen-bond donors (Lipinski definition) is 1. The maximum Gasteiger partial charge on any atom is 0.0829 e. The minimum absolute atomic E-state index is 0.134. The average molecular weight is 141 g/mol. The molecule has 0 heterocycles. The summed E-state index contributed by atoms with van der Waals surface area (Å²) >= 11 is 0. The molecule has 0 aromatic heterocycles. The monoisotopic (exact) mass is 141 g/mol. The van der Waals surface area contributed by atoms with Crippen LogP contribution in [0, 0.1) is 18.3 Å². The topological polar surface area (TPSA) is 21.3 Å². The molecular formula is C8H15NO. The van der Waals surface area contributed by atoms with Gasteiger partial charge in [-0.2, -0.15) is 0 Å². The van der Waals surface area contributed by atoms with E-state index in [1.54, 1.807) is 7.11 Å². The van der Waals surface area contributed by atoms with E-state index in [9.17, 15) is 0 Å². The maximum absolute atomic E-state index is 5.22. The van der Waals surface area contributed by atoms with Gasteiger partial charge >= 0.3 is 0 Å². The Labute approximate surface area is 63.0 Å². The van der Waals surface area contributed by atoms with Crippen molar-refractivity contribution in [2.24, 2.45) is 5.92 Å². The van der Waals surface area contributed by atoms with Crippen LogP contribution in [0.2, 0.25) is 0 Å². The molecule has 0 fully saturated rings. The molecule has 0 saturated carbocycles. The van der Waals surface area contributed by atoms with E-state index in [0.29, 0.717) is 0 Å². The highest BCUT2D eigenvalue weighted by Gasteiger charge is 2.11. The first-order valence-corrected chi connectivity index (χ1v) is 3.39. The average Bonchev–Trinajstić information content (AvgIpc) is 1.99. The van der Waals surface area contributed by atoms with Gasteiger partial charge in [-0.05, 0) is 14.0 Å². The van der Waals surface area contributed by atoms with Crippen LogP contribution in [0.1, 0.15) is 6.92 Å². The summed E-state index contributed by atoms with van der Waals surface area (Å²) in [4.78, 5) is 0. The third kappa shape index (κ3) is 2.86. The van der Waals surface area contributed by atoms with E-state index in [1.165, 1.54) is 0 Å². The highest BCUT2D eigenvalue weighted by molar-refractivity contribution is 4.95. The number of terminal acetylenes is 1. The van der Waals surface area contributed by atoms with Crippen molar-refractivity contribution in [1.29, 1.82) is 0 Å². The summed E-state index contributed by atoms with van der Waals surface area (Å²) in [6.45, 7) is 2.79. The van der Waals surface area contributed by atoms with Crippen LogP contribution in [0.5, 0.6) is 0 Å². The lowest BCUT2D eigenvalue weighted by atomic mass is 10.1. The predicted molar refractivity (Wildman–Crippen MR) is 42.7 cm³/mol. The predicted octanol–water partition coefficient (Wildman–Crippen LogP) is 0.490. The fraction of sp³-hybridized carbons (Fsp3) is 0.750. The summed E-state index contributed by atoms with van der Waals surface area (Å²) in [6.07, 6.45) is 5.36. The number of nitrogens with one attached hydrogen (secondary N) is 1. The summed E-state index contributed by atoms with van der Waals surface area (Å²) in [5, 5.41) is 3.01. The zero-order valence-electron chi connectivity index (χ0n) is 6.85. The zero-order chi connectivity index (χ0) is 7.98. The molecule has 0 bridgehead atoms. The van der Waals surface area contributed by atoms with Crippen molar-refractivity contribution in [3.05, 3.63) is 0 Å². The lowest BCUT2D eigenvalue weighted by Crippen LogP contribution is -2.30. The van der Waals surface area contributed by atoms with Crippen molar-refractivity contribution in [2.75, 3.05) is 20.7 Å². The summed E-state index contributed by atoms with van der Waals surface area (Å²) in [5.74, 6) is 2.81. The Kier molecular flexibility index (Phi) is 5.00. The fourth-order valence-electron chi connectivity index (χ4n) is 0.773. The molecule has 0 aromatic carbocycles. The molecule has 58 valence electrons. The van der Waals surface area contributed by atoms with E-state index in [1.807, 2.05) is 14.0 Å². The molecule has 0 amide bonds. The minimum atomic E-state index is 0.134. The van der Waals surface area contributed by atoms with Gasteiger partial charge in [-0.25, -0.2) is 0 Å². The lowest BCUT2D eigenvalue weighted by molar-refractivity contribution is 0.0785. The second-order valence-electron chi connectivity index (χ2n) is 2.29. The lowest BCUT2D eigenvalue weighted by Gasteiger charge is -2.17. The van der Waals surface area contributed by atoms with Crippen molar-refractivity contribution in [2.45, 2.75) is 13.0 Å². The first-order valence-electron chi connectivity index (χ1n) is 3.39. The van der Waals surface area contributed by atoms with E-state index in [4.69, 9.17) is 11.2 Å². The minimum Gasteiger partial charge on any atom is -0.379 e. The Bertz CT molecular complexity index is 117. The van der Waals surface area contributed by atoms with Gasteiger partial charge in [0.2, 0.25) is 0 Å². The molecule has 0 spiro atoms.